The van der Waals surface area contributed by atoms with Crippen LogP contribution in [-0.4, -0.2) is 79.3 Å². The zero-order chi connectivity index (χ0) is 17.1. The molecule has 0 radical (unpaired) electrons. The molecule has 2 saturated heterocycles. The van der Waals surface area contributed by atoms with Gasteiger partial charge in [0.1, 0.15) is 5.78 Å². The molecule has 3 aliphatic rings. The minimum Gasteiger partial charge on any atom is -0.342 e. The van der Waals surface area contributed by atoms with E-state index in [-0.39, 0.29) is 11.8 Å². The van der Waals surface area contributed by atoms with E-state index in [0.29, 0.717) is 17.6 Å². The lowest BCUT2D eigenvalue weighted by Crippen LogP contribution is -2.53. The summed E-state index contributed by atoms with van der Waals surface area (Å²) in [5, 5.41) is 0. The number of likely N-dealkylation sites (N-methyl/N-ethyl adjacent to an activating group) is 1. The first-order chi connectivity index (χ1) is 11.5. The molecule has 0 unspecified atom stereocenters. The number of hydrogen-bond donors (Lipinski definition) is 0. The number of rotatable bonds is 5. The molecule has 5 nitrogen and oxygen atoms in total. The molecular weight excluding hydrogens is 302 g/mol. The Hall–Kier alpha value is -0.940. The zero-order valence-corrected chi connectivity index (χ0v) is 15.4. The predicted molar refractivity (Wildman–Crippen MR) is 94.8 cm³/mol. The quantitative estimate of drug-likeness (QED) is 0.763. The number of carbonyl (C=O) groups excluding carboxylic acids is 2. The predicted octanol–water partition coefficient (Wildman–Crippen LogP) is 1.48. The second kappa shape index (κ2) is 7.96. The van der Waals surface area contributed by atoms with Crippen molar-refractivity contribution >= 4 is 11.7 Å². The van der Waals surface area contributed by atoms with Crippen LogP contribution in [0.4, 0.5) is 0 Å². The average molecular weight is 335 g/mol. The molecule has 0 aromatic heterocycles. The molecule has 0 spiro atoms. The Labute approximate surface area is 146 Å². The fraction of sp³-hybridized carbons (Fsp3) is 0.895. The van der Waals surface area contributed by atoms with Crippen LogP contribution in [0.3, 0.4) is 0 Å². The molecule has 136 valence electrons. The Morgan fingerprint density at radius 2 is 1.50 bits per heavy atom. The minimum absolute atomic E-state index is 0.180. The van der Waals surface area contributed by atoms with Gasteiger partial charge in [0.25, 0.3) is 0 Å². The molecule has 3 fully saturated rings. The van der Waals surface area contributed by atoms with Crippen molar-refractivity contribution in [3.63, 3.8) is 0 Å². The third kappa shape index (κ3) is 4.37. The van der Waals surface area contributed by atoms with Gasteiger partial charge in [0.05, 0.1) is 0 Å². The first kappa shape index (κ1) is 17.9. The van der Waals surface area contributed by atoms with Crippen LogP contribution in [0.15, 0.2) is 0 Å². The molecule has 1 saturated carbocycles. The molecule has 5 heteroatoms. The third-order valence-electron chi connectivity index (χ3n) is 6.37. The van der Waals surface area contributed by atoms with Crippen molar-refractivity contribution < 1.29 is 9.59 Å². The van der Waals surface area contributed by atoms with Gasteiger partial charge in [-0.3, -0.25) is 9.59 Å². The van der Waals surface area contributed by atoms with Crippen LogP contribution in [0, 0.1) is 17.8 Å². The highest BCUT2D eigenvalue weighted by Crippen LogP contribution is 2.32. The number of Topliss-reactive ketones (excluding diaryl/α,β-unsaturated/α-hetero) is 1. The molecule has 3 rings (SSSR count). The van der Waals surface area contributed by atoms with Crippen LogP contribution in [0.5, 0.6) is 0 Å². The largest absolute Gasteiger partial charge is 0.342 e. The van der Waals surface area contributed by atoms with E-state index >= 15 is 0 Å². The minimum atomic E-state index is 0.180. The van der Waals surface area contributed by atoms with Crippen LogP contribution in [0.1, 0.15) is 39.0 Å². The first-order valence-electron chi connectivity index (χ1n) is 9.73. The summed E-state index contributed by atoms with van der Waals surface area (Å²) in [7, 11) is 2.19. The fourth-order valence-electron chi connectivity index (χ4n) is 4.37. The number of nitrogens with zero attached hydrogens (tertiary/aromatic N) is 3. The van der Waals surface area contributed by atoms with Crippen molar-refractivity contribution in [3.8, 4) is 0 Å². The number of carbonyl (C=O) groups is 2. The molecule has 2 aliphatic heterocycles. The summed E-state index contributed by atoms with van der Waals surface area (Å²) in [6.45, 7) is 9.52. The Morgan fingerprint density at radius 1 is 0.917 bits per heavy atom. The number of piperazine rings is 1. The molecular formula is C19H33N3O2. The molecule has 1 amide bonds. The maximum absolute atomic E-state index is 12.6. The smallest absolute Gasteiger partial charge is 0.225 e. The number of likely N-dealkylation sites (tertiary alicyclic amines) is 1. The van der Waals surface area contributed by atoms with Crippen LogP contribution >= 0.6 is 0 Å². The molecule has 0 bridgehead atoms. The van der Waals surface area contributed by atoms with Crippen molar-refractivity contribution in [1.82, 2.24) is 14.7 Å². The number of ketones is 1. The standard InChI is InChI=1S/C19H33N3O2/c1-15(23)17-3-5-18(6-4-17)19(24)22-13-16(14-22)7-8-21-11-9-20(2)10-12-21/h16-18H,3-14H2,1-2H3. The third-order valence-corrected chi connectivity index (χ3v) is 6.37. The molecule has 24 heavy (non-hydrogen) atoms. The van der Waals surface area contributed by atoms with Gasteiger partial charge in [0, 0.05) is 51.1 Å². The van der Waals surface area contributed by atoms with Crippen molar-refractivity contribution in [2.75, 3.05) is 52.9 Å². The maximum atomic E-state index is 12.6. The van der Waals surface area contributed by atoms with Gasteiger partial charge in [0.2, 0.25) is 5.91 Å². The van der Waals surface area contributed by atoms with Crippen molar-refractivity contribution in [3.05, 3.63) is 0 Å². The summed E-state index contributed by atoms with van der Waals surface area (Å²) in [6, 6.07) is 0. The molecule has 0 N–H and O–H groups in total. The highest BCUT2D eigenvalue weighted by atomic mass is 16.2. The highest BCUT2D eigenvalue weighted by molar-refractivity contribution is 5.81. The topological polar surface area (TPSA) is 43.9 Å². The van der Waals surface area contributed by atoms with E-state index in [1.54, 1.807) is 6.92 Å². The van der Waals surface area contributed by atoms with E-state index in [1.165, 1.54) is 39.1 Å². The van der Waals surface area contributed by atoms with E-state index in [2.05, 4.69) is 21.7 Å². The lowest BCUT2D eigenvalue weighted by Gasteiger charge is -2.43. The van der Waals surface area contributed by atoms with Gasteiger partial charge < -0.3 is 14.7 Å². The van der Waals surface area contributed by atoms with Crippen LogP contribution < -0.4 is 0 Å². The van der Waals surface area contributed by atoms with Gasteiger partial charge in [0.15, 0.2) is 0 Å². The second-order valence-electron chi connectivity index (χ2n) is 8.20. The molecule has 0 aromatic rings. The van der Waals surface area contributed by atoms with Gasteiger partial charge in [-0.25, -0.2) is 0 Å². The lowest BCUT2D eigenvalue weighted by atomic mass is 9.79. The molecule has 2 heterocycles. The van der Waals surface area contributed by atoms with E-state index in [9.17, 15) is 9.59 Å². The summed E-state index contributed by atoms with van der Waals surface area (Å²) in [4.78, 5) is 31.0. The van der Waals surface area contributed by atoms with Gasteiger partial charge >= 0.3 is 0 Å². The van der Waals surface area contributed by atoms with Gasteiger partial charge in [-0.2, -0.15) is 0 Å². The summed E-state index contributed by atoms with van der Waals surface area (Å²) in [6.07, 6.45) is 4.86. The van der Waals surface area contributed by atoms with Gasteiger partial charge in [-0.05, 0) is 58.5 Å². The number of amides is 1. The van der Waals surface area contributed by atoms with E-state index in [4.69, 9.17) is 0 Å². The number of hydrogen-bond acceptors (Lipinski definition) is 4. The van der Waals surface area contributed by atoms with Crippen LogP contribution in [0.25, 0.3) is 0 Å². The normalized spacial score (nSPS) is 30.2. The van der Waals surface area contributed by atoms with Crippen molar-refractivity contribution in [1.29, 1.82) is 0 Å². The molecule has 1 aliphatic carbocycles. The van der Waals surface area contributed by atoms with E-state index < -0.39 is 0 Å². The summed E-state index contributed by atoms with van der Waals surface area (Å²) < 4.78 is 0. The fourth-order valence-corrected chi connectivity index (χ4v) is 4.37. The highest BCUT2D eigenvalue weighted by Gasteiger charge is 2.36. The summed E-state index contributed by atoms with van der Waals surface area (Å²) in [5.74, 6) is 1.74. The first-order valence-corrected chi connectivity index (χ1v) is 9.73. The Balaban J connectivity index is 1.32. The Bertz CT molecular complexity index is 446. The lowest BCUT2D eigenvalue weighted by molar-refractivity contribution is -0.144. The van der Waals surface area contributed by atoms with Crippen LogP contribution in [-0.2, 0) is 9.59 Å². The zero-order valence-electron chi connectivity index (χ0n) is 15.4. The monoisotopic (exact) mass is 335 g/mol. The Morgan fingerprint density at radius 3 is 2.08 bits per heavy atom. The van der Waals surface area contributed by atoms with E-state index in [0.717, 1.165) is 38.8 Å². The van der Waals surface area contributed by atoms with Crippen molar-refractivity contribution in [2.45, 2.75) is 39.0 Å². The van der Waals surface area contributed by atoms with Gasteiger partial charge in [-0.15, -0.1) is 0 Å². The average Bonchev–Trinajstić information content (AvgIpc) is 2.55. The summed E-state index contributed by atoms with van der Waals surface area (Å²) >= 11 is 0. The second-order valence-corrected chi connectivity index (χ2v) is 8.20. The molecule has 0 atom stereocenters. The van der Waals surface area contributed by atoms with E-state index in [1.807, 2.05) is 0 Å². The Kier molecular flexibility index (Phi) is 5.93. The maximum Gasteiger partial charge on any atom is 0.225 e. The van der Waals surface area contributed by atoms with Gasteiger partial charge in [-0.1, -0.05) is 0 Å². The SMILES string of the molecule is CC(=O)C1CCC(C(=O)N2CC(CCN3CCN(C)CC3)C2)CC1. The summed E-state index contributed by atoms with van der Waals surface area (Å²) in [5.41, 5.74) is 0. The molecule has 0 aromatic carbocycles. The van der Waals surface area contributed by atoms with Crippen molar-refractivity contribution in [2.24, 2.45) is 17.8 Å². The van der Waals surface area contributed by atoms with Crippen LogP contribution in [0.2, 0.25) is 0 Å².